The van der Waals surface area contributed by atoms with Crippen LogP contribution in [0.3, 0.4) is 0 Å². The molecule has 1 aromatic rings. The van der Waals surface area contributed by atoms with Crippen molar-refractivity contribution in [1.82, 2.24) is 4.98 Å². The number of rotatable bonds is 2. The van der Waals surface area contributed by atoms with Crippen LogP contribution in [0.25, 0.3) is 0 Å². The molecule has 1 aromatic heterocycles. The maximum Gasteiger partial charge on any atom is 0.573 e. The second-order valence-electron chi connectivity index (χ2n) is 2.37. The molecular weight excluding hydrogens is 265 g/mol. The predicted octanol–water partition coefficient (Wildman–Crippen LogP) is 2.46. The molecule has 78 valence electrons. The van der Waals surface area contributed by atoms with Gasteiger partial charge >= 0.3 is 6.36 Å². The van der Waals surface area contributed by atoms with Crippen molar-refractivity contribution in [2.45, 2.75) is 11.7 Å². The minimum Gasteiger partial charge on any atom is -0.402 e. The van der Waals surface area contributed by atoms with Crippen molar-refractivity contribution in [2.75, 3.05) is 5.73 Å². The summed E-state index contributed by atoms with van der Waals surface area (Å²) < 4.78 is 39.0. The summed E-state index contributed by atoms with van der Waals surface area (Å²) in [5.74, 6) is -0.763. The first-order chi connectivity index (χ1) is 6.42. The first-order valence-corrected chi connectivity index (χ1v) is 4.61. The van der Waals surface area contributed by atoms with Gasteiger partial charge in [-0.1, -0.05) is 15.9 Å². The number of halogens is 4. The first-order valence-electron chi connectivity index (χ1n) is 3.49. The summed E-state index contributed by atoms with van der Waals surface area (Å²) in [6, 6.07) is 2.53. The van der Waals surface area contributed by atoms with E-state index < -0.39 is 12.1 Å². The van der Waals surface area contributed by atoms with Gasteiger partial charge in [0.25, 0.3) is 0 Å². The monoisotopic (exact) mass is 270 g/mol. The Morgan fingerprint density at radius 1 is 1.43 bits per heavy atom. The summed E-state index contributed by atoms with van der Waals surface area (Å²) in [6.45, 7) is 0. The summed E-state index contributed by atoms with van der Waals surface area (Å²) in [4.78, 5) is 3.68. The molecule has 2 N–H and O–H groups in total. The Kier molecular flexibility index (Phi) is 3.20. The smallest absolute Gasteiger partial charge is 0.402 e. The quantitative estimate of drug-likeness (QED) is 0.840. The molecule has 0 aromatic carbocycles. The molecule has 0 spiro atoms. The van der Waals surface area contributed by atoms with Gasteiger partial charge in [0.05, 0.1) is 5.69 Å². The van der Waals surface area contributed by atoms with Gasteiger partial charge in [0, 0.05) is 5.33 Å². The van der Waals surface area contributed by atoms with Gasteiger partial charge in [-0.15, -0.1) is 13.2 Å². The van der Waals surface area contributed by atoms with Crippen molar-refractivity contribution >= 4 is 21.7 Å². The van der Waals surface area contributed by atoms with Crippen molar-refractivity contribution in [3.8, 4) is 5.75 Å². The van der Waals surface area contributed by atoms with Crippen LogP contribution in [0, 0.1) is 0 Å². The normalized spacial score (nSPS) is 11.4. The zero-order valence-electron chi connectivity index (χ0n) is 6.81. The molecule has 0 aliphatic carbocycles. The fourth-order valence-electron chi connectivity index (χ4n) is 0.790. The molecule has 0 aliphatic rings. The van der Waals surface area contributed by atoms with Gasteiger partial charge < -0.3 is 10.5 Å². The van der Waals surface area contributed by atoms with Crippen LogP contribution in [0.4, 0.5) is 19.0 Å². The van der Waals surface area contributed by atoms with Gasteiger partial charge in [-0.05, 0) is 12.1 Å². The number of nitrogen functional groups attached to an aromatic ring is 1. The number of nitrogens with two attached hydrogens (primary N) is 1. The van der Waals surface area contributed by atoms with Crippen molar-refractivity contribution in [3.63, 3.8) is 0 Å². The number of anilines is 1. The van der Waals surface area contributed by atoms with Crippen LogP contribution in [-0.2, 0) is 5.33 Å². The van der Waals surface area contributed by atoms with E-state index in [1.165, 1.54) is 6.07 Å². The van der Waals surface area contributed by atoms with Gasteiger partial charge in [-0.25, -0.2) is 4.98 Å². The van der Waals surface area contributed by atoms with E-state index in [4.69, 9.17) is 5.73 Å². The molecule has 14 heavy (non-hydrogen) atoms. The fourth-order valence-corrected chi connectivity index (χ4v) is 1.10. The predicted molar refractivity (Wildman–Crippen MR) is 48.0 cm³/mol. The van der Waals surface area contributed by atoms with Crippen LogP contribution in [0.2, 0.25) is 0 Å². The summed E-state index contributed by atoms with van der Waals surface area (Å²) in [5.41, 5.74) is 5.79. The SMILES string of the molecule is Nc1nc(CBr)ccc1OC(F)(F)F. The van der Waals surface area contributed by atoms with Crippen molar-refractivity contribution in [3.05, 3.63) is 17.8 Å². The lowest BCUT2D eigenvalue weighted by Crippen LogP contribution is -2.18. The topological polar surface area (TPSA) is 48.1 Å². The zero-order valence-corrected chi connectivity index (χ0v) is 8.39. The molecular formula is C7H6BrF3N2O. The van der Waals surface area contributed by atoms with E-state index in [2.05, 4.69) is 25.7 Å². The highest BCUT2D eigenvalue weighted by molar-refractivity contribution is 9.08. The Balaban J connectivity index is 2.89. The maximum absolute atomic E-state index is 11.8. The molecule has 0 atom stereocenters. The molecule has 0 saturated heterocycles. The molecule has 0 fully saturated rings. The van der Waals surface area contributed by atoms with E-state index in [0.717, 1.165) is 6.07 Å². The van der Waals surface area contributed by atoms with Crippen LogP contribution in [-0.4, -0.2) is 11.3 Å². The lowest BCUT2D eigenvalue weighted by atomic mass is 10.3. The van der Waals surface area contributed by atoms with E-state index in [1.807, 2.05) is 0 Å². The van der Waals surface area contributed by atoms with Crippen LogP contribution < -0.4 is 10.5 Å². The average molecular weight is 271 g/mol. The average Bonchev–Trinajstić information content (AvgIpc) is 2.06. The molecule has 0 bridgehead atoms. The highest BCUT2D eigenvalue weighted by atomic mass is 79.9. The molecule has 7 heteroatoms. The van der Waals surface area contributed by atoms with Crippen LogP contribution >= 0.6 is 15.9 Å². The van der Waals surface area contributed by atoms with Gasteiger partial charge in [-0.3, -0.25) is 0 Å². The molecule has 0 amide bonds. The minimum atomic E-state index is -4.74. The Bertz CT molecular complexity index is 329. The molecule has 1 heterocycles. The number of nitrogens with zero attached hydrogens (tertiary/aromatic N) is 1. The van der Waals surface area contributed by atoms with Crippen LogP contribution in [0.5, 0.6) is 5.75 Å². The third-order valence-corrected chi connectivity index (χ3v) is 1.88. The number of hydrogen-bond donors (Lipinski definition) is 1. The van der Waals surface area contributed by atoms with Crippen LogP contribution in [0.15, 0.2) is 12.1 Å². The zero-order chi connectivity index (χ0) is 10.8. The third-order valence-electron chi connectivity index (χ3n) is 1.31. The van der Waals surface area contributed by atoms with E-state index in [-0.39, 0.29) is 5.82 Å². The number of alkyl halides is 4. The summed E-state index contributed by atoms with van der Waals surface area (Å²) in [5, 5.41) is 0.420. The summed E-state index contributed by atoms with van der Waals surface area (Å²) >= 11 is 3.10. The van der Waals surface area contributed by atoms with E-state index >= 15 is 0 Å². The highest BCUT2D eigenvalue weighted by Gasteiger charge is 2.32. The second-order valence-corrected chi connectivity index (χ2v) is 2.93. The Morgan fingerprint density at radius 3 is 2.50 bits per heavy atom. The fraction of sp³-hybridized carbons (Fsp3) is 0.286. The molecule has 0 radical (unpaired) electrons. The molecule has 0 saturated carbocycles. The van der Waals surface area contributed by atoms with Gasteiger partial charge in [-0.2, -0.15) is 0 Å². The van der Waals surface area contributed by atoms with Crippen LogP contribution in [0.1, 0.15) is 5.69 Å². The Hall–Kier alpha value is -0.980. The first kappa shape index (κ1) is 11.1. The number of aromatic nitrogens is 1. The molecule has 0 unspecified atom stereocenters. The third kappa shape index (κ3) is 3.06. The minimum absolute atomic E-state index is 0.278. The number of ether oxygens (including phenoxy) is 1. The summed E-state index contributed by atoms with van der Waals surface area (Å²) in [7, 11) is 0. The standard InChI is InChI=1S/C7H6BrF3N2O/c8-3-4-1-2-5(6(12)13-4)14-7(9,10)11/h1-2H,3H2,(H2,12,13). The molecule has 3 nitrogen and oxygen atoms in total. The van der Waals surface area contributed by atoms with E-state index in [1.54, 1.807) is 0 Å². The van der Waals surface area contributed by atoms with Gasteiger partial charge in [0.15, 0.2) is 11.6 Å². The van der Waals surface area contributed by atoms with Crippen molar-refractivity contribution in [2.24, 2.45) is 0 Å². The van der Waals surface area contributed by atoms with Crippen molar-refractivity contribution < 1.29 is 17.9 Å². The summed E-state index contributed by atoms with van der Waals surface area (Å²) in [6.07, 6.45) is -4.74. The van der Waals surface area contributed by atoms with E-state index in [0.29, 0.717) is 11.0 Å². The van der Waals surface area contributed by atoms with Crippen molar-refractivity contribution in [1.29, 1.82) is 0 Å². The lowest BCUT2D eigenvalue weighted by molar-refractivity contribution is -0.274. The number of hydrogen-bond acceptors (Lipinski definition) is 3. The Labute approximate surface area is 86.2 Å². The molecule has 0 aliphatic heterocycles. The van der Waals surface area contributed by atoms with Gasteiger partial charge in [0.1, 0.15) is 0 Å². The Morgan fingerprint density at radius 2 is 2.07 bits per heavy atom. The second kappa shape index (κ2) is 4.04. The highest BCUT2D eigenvalue weighted by Crippen LogP contribution is 2.27. The maximum atomic E-state index is 11.8. The van der Waals surface area contributed by atoms with E-state index in [9.17, 15) is 13.2 Å². The largest absolute Gasteiger partial charge is 0.573 e. The molecule has 1 rings (SSSR count). The van der Waals surface area contributed by atoms with Gasteiger partial charge in [0.2, 0.25) is 0 Å². The lowest BCUT2D eigenvalue weighted by Gasteiger charge is -2.10. The number of pyridine rings is 1.